The zero-order valence-corrected chi connectivity index (χ0v) is 33.2. The second kappa shape index (κ2) is 16.4. The van der Waals surface area contributed by atoms with E-state index < -0.39 is 47.9 Å². The minimum Gasteiger partial charge on any atom is -0.390 e. The van der Waals surface area contributed by atoms with Gasteiger partial charge >= 0.3 is 0 Å². The number of ether oxygens (including phenoxy) is 7. The Labute approximate surface area is 321 Å². The lowest BCUT2D eigenvalue weighted by Gasteiger charge is -2.50. The van der Waals surface area contributed by atoms with Crippen LogP contribution in [0.2, 0.25) is 0 Å². The Hall–Kier alpha value is -1.51. The van der Waals surface area contributed by atoms with Crippen molar-refractivity contribution in [1.29, 1.82) is 0 Å². The standard InChI is InChI=1S/C43H66O11/c1-25-21-35(52-43(24-25)36(46)12-11-32(51-43)23-29(5)44)26(2)9-10-31-14-18-42(50-31)19-15-34-40(54-42)37(47)30(6)39(49-34)33(45)22-28(4)38-27(3)13-17-41(53-38)16-7-8-20-48-41/h9-10,24,26-28,31-40,45-47H,6-8,11-23H2,1-5H3/b10-9+/t26-,27-,28+,31-,32+,33+,34-,35+,36-,37-,38+,39+,40-,41+,42-,43-/m1/s1. The minimum atomic E-state index is -1.25. The monoisotopic (exact) mass is 758 g/mol. The fourth-order valence-corrected chi connectivity index (χ4v) is 10.3. The lowest BCUT2D eigenvalue weighted by atomic mass is 9.79. The van der Waals surface area contributed by atoms with Gasteiger partial charge in [0.05, 0.1) is 43.2 Å². The average molecular weight is 759 g/mol. The summed E-state index contributed by atoms with van der Waals surface area (Å²) in [5.41, 5.74) is 1.53. The van der Waals surface area contributed by atoms with E-state index in [9.17, 15) is 20.1 Å². The Morgan fingerprint density at radius 3 is 2.52 bits per heavy atom. The van der Waals surface area contributed by atoms with Gasteiger partial charge in [-0.1, -0.05) is 45.1 Å². The lowest BCUT2D eigenvalue weighted by Crippen LogP contribution is -2.60. The molecule has 0 aromatic carbocycles. The first-order valence-electron chi connectivity index (χ1n) is 21.0. The van der Waals surface area contributed by atoms with Gasteiger partial charge in [0.15, 0.2) is 11.6 Å². The summed E-state index contributed by atoms with van der Waals surface area (Å²) < 4.78 is 45.3. The molecule has 6 saturated heterocycles. The summed E-state index contributed by atoms with van der Waals surface area (Å²) in [7, 11) is 0. The van der Waals surface area contributed by atoms with Crippen molar-refractivity contribution in [3.8, 4) is 0 Å². The van der Waals surface area contributed by atoms with E-state index >= 15 is 0 Å². The van der Waals surface area contributed by atoms with Gasteiger partial charge in [-0.2, -0.15) is 0 Å². The van der Waals surface area contributed by atoms with Crippen molar-refractivity contribution < 1.29 is 53.3 Å². The summed E-state index contributed by atoms with van der Waals surface area (Å²) in [5, 5.41) is 34.1. The van der Waals surface area contributed by atoms with Crippen LogP contribution in [0.15, 0.2) is 36.0 Å². The maximum atomic E-state index is 11.8. The molecule has 0 saturated carbocycles. The number of rotatable bonds is 9. The molecule has 304 valence electrons. The maximum Gasteiger partial charge on any atom is 0.215 e. The molecule has 0 unspecified atom stereocenters. The van der Waals surface area contributed by atoms with Crippen LogP contribution in [0.3, 0.4) is 0 Å². The zero-order chi connectivity index (χ0) is 38.4. The van der Waals surface area contributed by atoms with Gasteiger partial charge in [-0.25, -0.2) is 0 Å². The molecule has 11 nitrogen and oxygen atoms in total. The van der Waals surface area contributed by atoms with Gasteiger partial charge in [0, 0.05) is 38.0 Å². The van der Waals surface area contributed by atoms with Crippen molar-refractivity contribution in [2.75, 3.05) is 6.61 Å². The number of ketones is 1. The number of hydrogen-bond donors (Lipinski definition) is 3. The van der Waals surface area contributed by atoms with Crippen molar-refractivity contribution in [2.24, 2.45) is 17.8 Å². The maximum absolute atomic E-state index is 11.8. The summed E-state index contributed by atoms with van der Waals surface area (Å²) in [4.78, 5) is 11.8. The first-order chi connectivity index (χ1) is 25.7. The molecule has 7 aliphatic heterocycles. The third-order valence-electron chi connectivity index (χ3n) is 13.4. The Morgan fingerprint density at radius 1 is 0.981 bits per heavy atom. The molecule has 7 rings (SSSR count). The SMILES string of the molecule is C=C1[C@@H](O)[C@@H]2O[C@]3(CC[C@@H](/C=C/[C@@H](C)[C@@H]4CC(C)=C[C@@]5(O[C@H](CC(C)=O)CC[C@H]5O)O4)O3)CC[C@H]2O[C@@H]1[C@@H](O)C[C@H](C)[C@H]1O[C@@]2(CCCCO2)CC[C@H]1C. The first kappa shape index (κ1) is 40.7. The van der Waals surface area contributed by atoms with Crippen LogP contribution < -0.4 is 0 Å². The van der Waals surface area contributed by atoms with Gasteiger partial charge < -0.3 is 48.5 Å². The Bertz CT molecular complexity index is 1410. The van der Waals surface area contributed by atoms with Gasteiger partial charge in [-0.05, 0) is 95.1 Å². The molecule has 3 spiro atoms. The molecule has 0 amide bonds. The normalized spacial score (nSPS) is 46.1. The van der Waals surface area contributed by atoms with Crippen molar-refractivity contribution >= 4 is 5.78 Å². The van der Waals surface area contributed by atoms with Crippen molar-refractivity contribution in [1.82, 2.24) is 0 Å². The van der Waals surface area contributed by atoms with E-state index in [2.05, 4.69) is 39.5 Å². The van der Waals surface area contributed by atoms with Gasteiger partial charge in [-0.3, -0.25) is 4.79 Å². The number of fused-ring (bicyclic) bond motifs is 1. The topological polar surface area (TPSA) is 142 Å². The van der Waals surface area contributed by atoms with Gasteiger partial charge in [0.25, 0.3) is 0 Å². The van der Waals surface area contributed by atoms with Crippen LogP contribution in [0, 0.1) is 17.8 Å². The van der Waals surface area contributed by atoms with E-state index in [1.807, 2.05) is 13.0 Å². The highest BCUT2D eigenvalue weighted by Gasteiger charge is 2.54. The van der Waals surface area contributed by atoms with Crippen LogP contribution in [-0.2, 0) is 38.0 Å². The molecule has 7 heterocycles. The fourth-order valence-electron chi connectivity index (χ4n) is 10.3. The molecular formula is C43H66O11. The Kier molecular flexibility index (Phi) is 12.3. The predicted octanol–water partition coefficient (Wildman–Crippen LogP) is 5.97. The molecule has 0 radical (unpaired) electrons. The fraction of sp³-hybridized carbons (Fsp3) is 0.837. The van der Waals surface area contributed by atoms with E-state index in [1.54, 1.807) is 6.92 Å². The molecule has 54 heavy (non-hydrogen) atoms. The quantitative estimate of drug-likeness (QED) is 0.240. The van der Waals surface area contributed by atoms with Crippen molar-refractivity contribution in [2.45, 2.75) is 203 Å². The van der Waals surface area contributed by atoms with Gasteiger partial charge in [0.2, 0.25) is 5.79 Å². The van der Waals surface area contributed by atoms with Gasteiger partial charge in [0.1, 0.15) is 30.2 Å². The number of Topliss-reactive ketones (excluding diaryl/α,β-unsaturated/α-hetero) is 1. The third-order valence-corrected chi connectivity index (χ3v) is 13.4. The highest BCUT2D eigenvalue weighted by molar-refractivity contribution is 5.76. The van der Waals surface area contributed by atoms with Crippen molar-refractivity contribution in [3.63, 3.8) is 0 Å². The molecule has 11 heteroatoms. The van der Waals surface area contributed by atoms with E-state index in [0.29, 0.717) is 62.9 Å². The number of hydrogen-bond acceptors (Lipinski definition) is 11. The van der Waals surface area contributed by atoms with Crippen LogP contribution in [-0.4, -0.2) is 106 Å². The molecule has 16 atom stereocenters. The average Bonchev–Trinajstić information content (AvgIpc) is 3.53. The molecule has 0 bridgehead atoms. The summed E-state index contributed by atoms with van der Waals surface area (Å²) in [6.45, 7) is 15.0. The van der Waals surface area contributed by atoms with E-state index in [4.69, 9.17) is 33.2 Å². The van der Waals surface area contributed by atoms with Crippen LogP contribution >= 0.6 is 0 Å². The molecule has 0 aromatic heterocycles. The number of carbonyl (C=O) groups is 1. The van der Waals surface area contributed by atoms with Crippen LogP contribution in [0.1, 0.15) is 125 Å². The van der Waals surface area contributed by atoms with E-state index in [-0.39, 0.29) is 48.1 Å². The molecule has 3 N–H and O–H groups in total. The van der Waals surface area contributed by atoms with E-state index in [1.165, 1.54) is 0 Å². The summed E-state index contributed by atoms with van der Waals surface area (Å²) in [5.74, 6) is -2.08. The number of aliphatic hydroxyl groups is 3. The van der Waals surface area contributed by atoms with Crippen LogP contribution in [0.4, 0.5) is 0 Å². The second-order valence-corrected chi connectivity index (χ2v) is 18.0. The molecule has 0 aliphatic carbocycles. The van der Waals surface area contributed by atoms with E-state index in [0.717, 1.165) is 50.7 Å². The third kappa shape index (κ3) is 8.52. The van der Waals surface area contributed by atoms with Gasteiger partial charge in [-0.15, -0.1) is 0 Å². The predicted molar refractivity (Wildman–Crippen MR) is 200 cm³/mol. The molecule has 7 aliphatic rings. The molecule has 0 aromatic rings. The molecular weight excluding hydrogens is 692 g/mol. The van der Waals surface area contributed by atoms with Crippen LogP contribution in [0.25, 0.3) is 0 Å². The van der Waals surface area contributed by atoms with Crippen molar-refractivity contribution in [3.05, 3.63) is 36.0 Å². The smallest absolute Gasteiger partial charge is 0.215 e. The highest BCUT2D eigenvalue weighted by atomic mass is 16.7. The van der Waals surface area contributed by atoms with Crippen LogP contribution in [0.5, 0.6) is 0 Å². The number of aliphatic hydroxyl groups excluding tert-OH is 3. The zero-order valence-electron chi connectivity index (χ0n) is 33.2. The summed E-state index contributed by atoms with van der Waals surface area (Å²) in [6, 6.07) is 0. The lowest BCUT2D eigenvalue weighted by molar-refractivity contribution is -0.320. The minimum absolute atomic E-state index is 0.00359. The first-order valence-corrected chi connectivity index (χ1v) is 21.0. The molecule has 6 fully saturated rings. The Morgan fingerprint density at radius 2 is 1.76 bits per heavy atom. The second-order valence-electron chi connectivity index (χ2n) is 18.0. The Balaban J connectivity index is 0.921. The summed E-state index contributed by atoms with van der Waals surface area (Å²) in [6.07, 6.45) is 11.5. The summed E-state index contributed by atoms with van der Waals surface area (Å²) >= 11 is 0. The number of carbonyl (C=O) groups excluding carboxylic acids is 1. The largest absolute Gasteiger partial charge is 0.390 e. The highest BCUT2D eigenvalue weighted by Crippen LogP contribution is 2.47.